The number of rotatable bonds is 5. The lowest BCUT2D eigenvalue weighted by Gasteiger charge is -1.96. The predicted molar refractivity (Wildman–Crippen MR) is 48.4 cm³/mol. The number of hydrogen-bond donors (Lipinski definition) is 0. The van der Waals surface area contributed by atoms with Gasteiger partial charge in [-0.25, -0.2) is 0 Å². The third-order valence-corrected chi connectivity index (χ3v) is 2.11. The SMILES string of the molecule is CSCCCn1cc(C=O)nn1. The molecule has 4 nitrogen and oxygen atoms in total. The number of aromatic nitrogens is 3. The van der Waals surface area contributed by atoms with Gasteiger partial charge in [0.25, 0.3) is 0 Å². The summed E-state index contributed by atoms with van der Waals surface area (Å²) in [6.45, 7) is 0.835. The van der Waals surface area contributed by atoms with Crippen molar-refractivity contribution >= 4 is 18.0 Å². The summed E-state index contributed by atoms with van der Waals surface area (Å²) >= 11 is 1.80. The third-order valence-electron chi connectivity index (χ3n) is 1.41. The fraction of sp³-hybridized carbons (Fsp3) is 0.571. The fourth-order valence-corrected chi connectivity index (χ4v) is 1.27. The van der Waals surface area contributed by atoms with E-state index in [2.05, 4.69) is 16.6 Å². The van der Waals surface area contributed by atoms with Gasteiger partial charge in [0, 0.05) is 6.54 Å². The average Bonchev–Trinajstić information content (AvgIpc) is 2.53. The van der Waals surface area contributed by atoms with E-state index >= 15 is 0 Å². The molecule has 0 aromatic carbocycles. The third kappa shape index (κ3) is 2.65. The molecule has 0 amide bonds. The Kier molecular flexibility index (Phi) is 3.79. The molecule has 1 aromatic rings. The highest BCUT2D eigenvalue weighted by Gasteiger charge is 1.97. The summed E-state index contributed by atoms with van der Waals surface area (Å²) < 4.78 is 1.69. The van der Waals surface area contributed by atoms with E-state index in [1.807, 2.05) is 0 Å². The molecule has 0 bridgehead atoms. The van der Waals surface area contributed by atoms with Crippen molar-refractivity contribution in [2.45, 2.75) is 13.0 Å². The van der Waals surface area contributed by atoms with Gasteiger partial charge < -0.3 is 0 Å². The van der Waals surface area contributed by atoms with E-state index in [-0.39, 0.29) is 0 Å². The van der Waals surface area contributed by atoms with Crippen LogP contribution in [-0.2, 0) is 6.54 Å². The minimum absolute atomic E-state index is 0.402. The standard InChI is InChI=1S/C7H11N3OS/c1-12-4-2-3-10-5-7(6-11)8-9-10/h5-6H,2-4H2,1H3. The van der Waals surface area contributed by atoms with Crippen LogP contribution in [0.2, 0.25) is 0 Å². The number of aryl methyl sites for hydroxylation is 1. The molecule has 0 saturated heterocycles. The number of thioether (sulfide) groups is 1. The summed E-state index contributed by atoms with van der Waals surface area (Å²) in [5.41, 5.74) is 0.402. The summed E-state index contributed by atoms with van der Waals surface area (Å²) in [7, 11) is 0. The zero-order chi connectivity index (χ0) is 8.81. The van der Waals surface area contributed by atoms with Crippen LogP contribution in [0.3, 0.4) is 0 Å². The molecule has 0 spiro atoms. The number of hydrogen-bond acceptors (Lipinski definition) is 4. The monoisotopic (exact) mass is 185 g/mol. The highest BCUT2D eigenvalue weighted by Crippen LogP contribution is 1.98. The molecule has 0 saturated carbocycles. The maximum absolute atomic E-state index is 10.2. The van der Waals surface area contributed by atoms with Crippen molar-refractivity contribution in [3.8, 4) is 0 Å². The highest BCUT2D eigenvalue weighted by molar-refractivity contribution is 7.98. The Balaban J connectivity index is 2.36. The molecule has 0 radical (unpaired) electrons. The number of carbonyl (C=O) groups is 1. The minimum Gasteiger partial charge on any atom is -0.296 e. The van der Waals surface area contributed by atoms with E-state index in [0.717, 1.165) is 18.7 Å². The van der Waals surface area contributed by atoms with Crippen LogP contribution >= 0.6 is 11.8 Å². The van der Waals surface area contributed by atoms with Crippen LogP contribution in [0.1, 0.15) is 16.9 Å². The van der Waals surface area contributed by atoms with E-state index in [4.69, 9.17) is 0 Å². The molecule has 0 aliphatic heterocycles. The van der Waals surface area contributed by atoms with Gasteiger partial charge in [0.05, 0.1) is 6.20 Å². The Morgan fingerprint density at radius 3 is 3.17 bits per heavy atom. The second kappa shape index (κ2) is 4.92. The molecular weight excluding hydrogens is 174 g/mol. The van der Waals surface area contributed by atoms with Crippen LogP contribution in [0.25, 0.3) is 0 Å². The van der Waals surface area contributed by atoms with Crippen molar-refractivity contribution in [1.82, 2.24) is 15.0 Å². The van der Waals surface area contributed by atoms with Crippen molar-refractivity contribution in [2.75, 3.05) is 12.0 Å². The molecule has 0 fully saturated rings. The van der Waals surface area contributed by atoms with Gasteiger partial charge in [0.15, 0.2) is 6.29 Å². The normalized spacial score (nSPS) is 10.1. The van der Waals surface area contributed by atoms with Crippen LogP contribution < -0.4 is 0 Å². The van der Waals surface area contributed by atoms with Crippen LogP contribution in [0, 0.1) is 0 Å². The molecular formula is C7H11N3OS. The minimum atomic E-state index is 0.402. The van der Waals surface area contributed by atoms with E-state index in [1.165, 1.54) is 0 Å². The highest BCUT2D eigenvalue weighted by atomic mass is 32.2. The van der Waals surface area contributed by atoms with Gasteiger partial charge in [-0.15, -0.1) is 5.10 Å². The van der Waals surface area contributed by atoms with Crippen molar-refractivity contribution in [3.05, 3.63) is 11.9 Å². The molecule has 0 atom stereocenters. The van der Waals surface area contributed by atoms with Crippen LogP contribution in [-0.4, -0.2) is 33.3 Å². The smallest absolute Gasteiger partial charge is 0.171 e. The summed E-state index contributed by atoms with van der Waals surface area (Å²) in [6.07, 6.45) is 5.49. The maximum atomic E-state index is 10.2. The van der Waals surface area contributed by atoms with Crippen molar-refractivity contribution in [3.63, 3.8) is 0 Å². The van der Waals surface area contributed by atoms with Crippen molar-refractivity contribution in [1.29, 1.82) is 0 Å². The molecule has 0 aliphatic carbocycles. The molecule has 0 N–H and O–H groups in total. The van der Waals surface area contributed by atoms with Gasteiger partial charge in [0.1, 0.15) is 5.69 Å². The number of aldehydes is 1. The first-order valence-electron chi connectivity index (χ1n) is 3.71. The predicted octanol–water partition coefficient (Wildman–Crippen LogP) is 0.844. The van der Waals surface area contributed by atoms with Gasteiger partial charge in [-0.05, 0) is 18.4 Å². The first kappa shape index (κ1) is 9.25. The summed E-state index contributed by atoms with van der Waals surface area (Å²) in [6, 6.07) is 0. The Morgan fingerprint density at radius 1 is 1.75 bits per heavy atom. The second-order valence-corrected chi connectivity index (χ2v) is 3.36. The van der Waals surface area contributed by atoms with Gasteiger partial charge in [0.2, 0.25) is 0 Å². The van der Waals surface area contributed by atoms with Crippen molar-refractivity contribution < 1.29 is 4.79 Å². The summed E-state index contributed by atoms with van der Waals surface area (Å²) in [5.74, 6) is 1.11. The van der Waals surface area contributed by atoms with E-state index in [1.54, 1.807) is 22.6 Å². The largest absolute Gasteiger partial charge is 0.296 e. The van der Waals surface area contributed by atoms with Gasteiger partial charge in [-0.1, -0.05) is 5.21 Å². The first-order valence-corrected chi connectivity index (χ1v) is 5.10. The van der Waals surface area contributed by atoms with Crippen LogP contribution in [0.5, 0.6) is 0 Å². The Morgan fingerprint density at radius 2 is 2.58 bits per heavy atom. The van der Waals surface area contributed by atoms with E-state index < -0.39 is 0 Å². The van der Waals surface area contributed by atoms with E-state index in [9.17, 15) is 4.79 Å². The number of carbonyl (C=O) groups excluding carboxylic acids is 1. The topological polar surface area (TPSA) is 47.8 Å². The van der Waals surface area contributed by atoms with E-state index in [0.29, 0.717) is 12.0 Å². The second-order valence-electron chi connectivity index (χ2n) is 2.37. The molecule has 66 valence electrons. The van der Waals surface area contributed by atoms with Crippen LogP contribution in [0.15, 0.2) is 6.20 Å². The lowest BCUT2D eigenvalue weighted by atomic mass is 10.5. The first-order chi connectivity index (χ1) is 5.86. The van der Waals surface area contributed by atoms with Crippen molar-refractivity contribution in [2.24, 2.45) is 0 Å². The summed E-state index contributed by atoms with van der Waals surface area (Å²) in [4.78, 5) is 10.2. The molecule has 1 rings (SSSR count). The lowest BCUT2D eigenvalue weighted by Crippen LogP contribution is -1.99. The van der Waals surface area contributed by atoms with Gasteiger partial charge in [-0.2, -0.15) is 11.8 Å². The molecule has 5 heteroatoms. The zero-order valence-corrected chi connectivity index (χ0v) is 7.75. The molecule has 0 unspecified atom stereocenters. The van der Waals surface area contributed by atoms with Crippen LogP contribution in [0.4, 0.5) is 0 Å². The van der Waals surface area contributed by atoms with Gasteiger partial charge >= 0.3 is 0 Å². The average molecular weight is 185 g/mol. The van der Waals surface area contributed by atoms with Gasteiger partial charge in [-0.3, -0.25) is 9.48 Å². The molecule has 1 aromatic heterocycles. The maximum Gasteiger partial charge on any atom is 0.171 e. The lowest BCUT2D eigenvalue weighted by molar-refractivity contribution is 0.111. The number of nitrogens with zero attached hydrogens (tertiary/aromatic N) is 3. The zero-order valence-electron chi connectivity index (χ0n) is 6.93. The Labute approximate surface area is 75.3 Å². The Hall–Kier alpha value is -0.840. The molecule has 1 heterocycles. The molecule has 12 heavy (non-hydrogen) atoms. The quantitative estimate of drug-likeness (QED) is 0.504. The Bertz CT molecular complexity index is 249. The summed E-state index contributed by atoms with van der Waals surface area (Å²) in [5, 5.41) is 7.44. The molecule has 0 aliphatic rings. The fourth-order valence-electron chi connectivity index (χ4n) is 0.848.